The van der Waals surface area contributed by atoms with Crippen LogP contribution in [0.2, 0.25) is 0 Å². The Kier molecular flexibility index (Phi) is 2.78. The Hall–Kier alpha value is -0.930. The Balaban J connectivity index is 2.82. The number of aromatic nitrogens is 1. The first-order valence-corrected chi connectivity index (χ1v) is 3.97. The molecule has 1 aromatic heterocycles. The van der Waals surface area contributed by atoms with Gasteiger partial charge in [0.1, 0.15) is 0 Å². The fourth-order valence-corrected chi connectivity index (χ4v) is 0.955. The third kappa shape index (κ3) is 2.03. The first-order chi connectivity index (χ1) is 5.61. The van der Waals surface area contributed by atoms with Gasteiger partial charge in [0.25, 0.3) is 0 Å². The van der Waals surface area contributed by atoms with Crippen LogP contribution in [0.25, 0.3) is 0 Å². The maximum absolute atomic E-state index is 9.19. The number of rotatable bonds is 2. The van der Waals surface area contributed by atoms with Gasteiger partial charge in [0.2, 0.25) is 0 Å². The summed E-state index contributed by atoms with van der Waals surface area (Å²) in [5.41, 5.74) is 7.52. The molecule has 0 aliphatic carbocycles. The van der Waals surface area contributed by atoms with Crippen LogP contribution in [0.15, 0.2) is 18.3 Å². The molecule has 0 amide bonds. The highest BCUT2D eigenvalue weighted by Crippen LogP contribution is 2.12. The van der Waals surface area contributed by atoms with Crippen molar-refractivity contribution in [1.82, 2.24) is 4.98 Å². The Bertz CT molecular complexity index is 243. The van der Waals surface area contributed by atoms with Crippen molar-refractivity contribution in [2.45, 2.75) is 26.0 Å². The summed E-state index contributed by atoms with van der Waals surface area (Å²) in [7, 11) is 0. The number of pyridine rings is 1. The summed E-state index contributed by atoms with van der Waals surface area (Å²) in [5.74, 6) is 0. The molecule has 3 N–H and O–H groups in total. The third-order valence-electron chi connectivity index (χ3n) is 1.84. The molecular weight excluding hydrogens is 152 g/mol. The van der Waals surface area contributed by atoms with Gasteiger partial charge in [0.05, 0.1) is 12.1 Å². The molecular formula is C9H14N2O. The minimum Gasteiger partial charge on any atom is -0.391 e. The average molecular weight is 166 g/mol. The van der Waals surface area contributed by atoms with Gasteiger partial charge in [-0.15, -0.1) is 0 Å². The molecule has 1 heterocycles. The van der Waals surface area contributed by atoms with Crippen LogP contribution in [0.5, 0.6) is 0 Å². The summed E-state index contributed by atoms with van der Waals surface area (Å²) in [6.07, 6.45) is 1.17. The highest BCUT2D eigenvalue weighted by Gasteiger charge is 2.11. The first kappa shape index (κ1) is 9.16. The van der Waals surface area contributed by atoms with E-state index in [0.717, 1.165) is 11.3 Å². The second kappa shape index (κ2) is 3.65. The van der Waals surface area contributed by atoms with Gasteiger partial charge in [0, 0.05) is 11.9 Å². The molecule has 0 saturated heterocycles. The smallest absolute Gasteiger partial charge is 0.0705 e. The third-order valence-corrected chi connectivity index (χ3v) is 1.84. The van der Waals surface area contributed by atoms with Gasteiger partial charge in [-0.1, -0.05) is 6.07 Å². The summed E-state index contributed by atoms with van der Waals surface area (Å²) >= 11 is 0. The lowest BCUT2D eigenvalue weighted by atomic mass is 10.1. The zero-order chi connectivity index (χ0) is 9.14. The van der Waals surface area contributed by atoms with Crippen molar-refractivity contribution in [3.8, 4) is 0 Å². The second-order valence-electron chi connectivity index (χ2n) is 3.00. The van der Waals surface area contributed by atoms with Crippen molar-refractivity contribution in [1.29, 1.82) is 0 Å². The first-order valence-electron chi connectivity index (χ1n) is 3.97. The molecule has 3 nitrogen and oxygen atoms in total. The maximum atomic E-state index is 9.19. The van der Waals surface area contributed by atoms with E-state index in [1.807, 2.05) is 19.1 Å². The van der Waals surface area contributed by atoms with Gasteiger partial charge in [-0.3, -0.25) is 4.98 Å². The minimum absolute atomic E-state index is 0.335. The molecule has 12 heavy (non-hydrogen) atoms. The van der Waals surface area contributed by atoms with Crippen molar-refractivity contribution in [2.24, 2.45) is 5.73 Å². The van der Waals surface area contributed by atoms with Crippen molar-refractivity contribution in [3.63, 3.8) is 0 Å². The molecule has 0 unspecified atom stereocenters. The zero-order valence-corrected chi connectivity index (χ0v) is 7.36. The van der Waals surface area contributed by atoms with Crippen molar-refractivity contribution < 1.29 is 5.11 Å². The number of hydrogen-bond acceptors (Lipinski definition) is 3. The van der Waals surface area contributed by atoms with E-state index in [0.29, 0.717) is 0 Å². The lowest BCUT2D eigenvalue weighted by Gasteiger charge is -2.14. The van der Waals surface area contributed by atoms with Crippen LogP contribution in [0, 0.1) is 6.92 Å². The Labute approximate surface area is 72.2 Å². The molecule has 66 valence electrons. The number of aliphatic hydroxyl groups is 1. The molecule has 1 aromatic rings. The number of nitrogens with zero attached hydrogens (tertiary/aromatic N) is 1. The van der Waals surface area contributed by atoms with Gasteiger partial charge in [0.15, 0.2) is 0 Å². The van der Waals surface area contributed by atoms with E-state index in [2.05, 4.69) is 4.98 Å². The quantitative estimate of drug-likeness (QED) is 0.682. The SMILES string of the molecule is Cc1ccc([C@@H](N)[C@H](C)O)cn1. The number of aliphatic hydroxyl groups excluding tert-OH is 1. The van der Waals surface area contributed by atoms with Crippen molar-refractivity contribution in [3.05, 3.63) is 29.6 Å². The molecule has 2 atom stereocenters. The molecule has 0 saturated carbocycles. The summed E-state index contributed by atoms with van der Waals surface area (Å²) in [5, 5.41) is 9.19. The van der Waals surface area contributed by atoms with E-state index in [1.54, 1.807) is 13.1 Å². The highest BCUT2D eigenvalue weighted by molar-refractivity contribution is 5.17. The number of aryl methyl sites for hydroxylation is 1. The largest absolute Gasteiger partial charge is 0.391 e. The summed E-state index contributed by atoms with van der Waals surface area (Å²) < 4.78 is 0. The van der Waals surface area contributed by atoms with Crippen LogP contribution in [-0.2, 0) is 0 Å². The zero-order valence-electron chi connectivity index (χ0n) is 7.36. The summed E-state index contributed by atoms with van der Waals surface area (Å²) in [4.78, 5) is 4.09. The lowest BCUT2D eigenvalue weighted by Crippen LogP contribution is -2.23. The van der Waals surface area contributed by atoms with Crippen molar-refractivity contribution >= 4 is 0 Å². The monoisotopic (exact) mass is 166 g/mol. The van der Waals surface area contributed by atoms with Gasteiger partial charge >= 0.3 is 0 Å². The van der Waals surface area contributed by atoms with Crippen molar-refractivity contribution in [2.75, 3.05) is 0 Å². The molecule has 0 aliphatic rings. The molecule has 3 heteroatoms. The van der Waals surface area contributed by atoms with Crippen LogP contribution in [-0.4, -0.2) is 16.2 Å². The Morgan fingerprint density at radius 1 is 1.50 bits per heavy atom. The maximum Gasteiger partial charge on any atom is 0.0705 e. The van der Waals surface area contributed by atoms with Crippen LogP contribution < -0.4 is 5.73 Å². The standard InChI is InChI=1S/C9H14N2O/c1-6-3-4-8(5-11-6)9(10)7(2)12/h3-5,7,9,12H,10H2,1-2H3/t7-,9-/m0/s1. The van der Waals surface area contributed by atoms with Gasteiger partial charge in [-0.2, -0.15) is 0 Å². The second-order valence-corrected chi connectivity index (χ2v) is 3.00. The van der Waals surface area contributed by atoms with E-state index in [9.17, 15) is 5.11 Å². The molecule has 0 radical (unpaired) electrons. The van der Waals surface area contributed by atoms with Crippen LogP contribution in [0.3, 0.4) is 0 Å². The molecule has 0 bridgehead atoms. The predicted octanol–water partition coefficient (Wildman–Crippen LogP) is 0.771. The van der Waals surface area contributed by atoms with Gasteiger partial charge < -0.3 is 10.8 Å². The molecule has 0 aromatic carbocycles. The minimum atomic E-state index is -0.533. The Morgan fingerprint density at radius 3 is 2.58 bits per heavy atom. The van der Waals surface area contributed by atoms with Crippen LogP contribution in [0.1, 0.15) is 24.2 Å². The van der Waals surface area contributed by atoms with Gasteiger partial charge in [-0.05, 0) is 25.5 Å². The Morgan fingerprint density at radius 2 is 2.17 bits per heavy atom. The fourth-order valence-electron chi connectivity index (χ4n) is 0.955. The fraction of sp³-hybridized carbons (Fsp3) is 0.444. The summed E-state index contributed by atoms with van der Waals surface area (Å²) in [6, 6.07) is 3.44. The molecule has 0 spiro atoms. The van der Waals surface area contributed by atoms with E-state index < -0.39 is 6.10 Å². The van der Waals surface area contributed by atoms with Crippen LogP contribution >= 0.6 is 0 Å². The van der Waals surface area contributed by atoms with E-state index >= 15 is 0 Å². The van der Waals surface area contributed by atoms with E-state index in [-0.39, 0.29) is 6.04 Å². The molecule has 0 fully saturated rings. The summed E-state index contributed by atoms with van der Waals surface area (Å²) in [6.45, 7) is 3.59. The number of nitrogens with two attached hydrogens (primary N) is 1. The van der Waals surface area contributed by atoms with Crippen LogP contribution in [0.4, 0.5) is 0 Å². The predicted molar refractivity (Wildman–Crippen MR) is 47.6 cm³/mol. The highest BCUT2D eigenvalue weighted by atomic mass is 16.3. The van der Waals surface area contributed by atoms with E-state index in [1.165, 1.54) is 0 Å². The lowest BCUT2D eigenvalue weighted by molar-refractivity contribution is 0.164. The van der Waals surface area contributed by atoms with Gasteiger partial charge in [-0.25, -0.2) is 0 Å². The van der Waals surface area contributed by atoms with E-state index in [4.69, 9.17) is 5.73 Å². The number of hydrogen-bond donors (Lipinski definition) is 2. The average Bonchev–Trinajstić information content (AvgIpc) is 2.04. The molecule has 1 rings (SSSR count). The molecule has 0 aliphatic heterocycles. The normalized spacial score (nSPS) is 15.7. The topological polar surface area (TPSA) is 59.1 Å².